The third-order valence-electron chi connectivity index (χ3n) is 4.54. The number of ether oxygens (including phenoxy) is 2. The minimum absolute atomic E-state index is 0.298. The molecule has 0 saturated carbocycles. The highest BCUT2D eigenvalue weighted by molar-refractivity contribution is 6.08. The van der Waals surface area contributed by atoms with Crippen LogP contribution in [0.15, 0.2) is 12.2 Å². The van der Waals surface area contributed by atoms with Crippen LogP contribution in [0, 0.1) is 11.8 Å². The number of hydrogen-bond donors (Lipinski definition) is 1. The minimum atomic E-state index is -1.06. The predicted octanol–water partition coefficient (Wildman–Crippen LogP) is 0.0204. The lowest BCUT2D eigenvalue weighted by Gasteiger charge is -2.23. The number of likely N-dealkylation sites (tertiary alicyclic amines) is 1. The number of nitrogens with one attached hydrogen (secondary N) is 1. The molecule has 2 aliphatic rings. The van der Waals surface area contributed by atoms with Crippen molar-refractivity contribution in [2.24, 2.45) is 11.8 Å². The van der Waals surface area contributed by atoms with Crippen LogP contribution in [0.25, 0.3) is 0 Å². The molecule has 0 unspecified atom stereocenters. The number of nitrogens with zero attached hydrogens (tertiary/aromatic N) is 1. The molecular weight excluding hydrogens is 328 g/mol. The molecule has 0 aromatic rings. The van der Waals surface area contributed by atoms with E-state index in [1.807, 2.05) is 12.2 Å². The second kappa shape index (κ2) is 8.24. The van der Waals surface area contributed by atoms with E-state index in [9.17, 15) is 19.2 Å². The maximum absolute atomic E-state index is 12.5. The first-order valence-electron chi connectivity index (χ1n) is 8.37. The molecule has 0 aromatic heterocycles. The lowest BCUT2D eigenvalue weighted by molar-refractivity contribution is -0.164. The Morgan fingerprint density at radius 2 is 1.76 bits per heavy atom. The number of methoxy groups -OCH3 is 1. The van der Waals surface area contributed by atoms with Crippen molar-refractivity contribution in [3.8, 4) is 0 Å². The van der Waals surface area contributed by atoms with Gasteiger partial charge in [-0.1, -0.05) is 12.2 Å². The molecule has 8 heteroatoms. The van der Waals surface area contributed by atoms with Gasteiger partial charge in [0.1, 0.15) is 6.04 Å². The molecule has 25 heavy (non-hydrogen) atoms. The number of hydrogen-bond acceptors (Lipinski definition) is 6. The van der Waals surface area contributed by atoms with Crippen LogP contribution in [0.5, 0.6) is 0 Å². The zero-order valence-corrected chi connectivity index (χ0v) is 14.7. The third kappa shape index (κ3) is 4.07. The summed E-state index contributed by atoms with van der Waals surface area (Å²) < 4.78 is 9.93. The highest BCUT2D eigenvalue weighted by Crippen LogP contribution is 2.36. The van der Waals surface area contributed by atoms with Gasteiger partial charge < -0.3 is 14.8 Å². The van der Waals surface area contributed by atoms with Crippen LogP contribution >= 0.6 is 0 Å². The molecule has 0 radical (unpaired) electrons. The van der Waals surface area contributed by atoms with Gasteiger partial charge in [0, 0.05) is 13.7 Å². The van der Waals surface area contributed by atoms with Gasteiger partial charge >= 0.3 is 5.97 Å². The summed E-state index contributed by atoms with van der Waals surface area (Å²) in [7, 11) is 1.51. The van der Waals surface area contributed by atoms with Gasteiger partial charge in [-0.05, 0) is 26.7 Å². The quantitative estimate of drug-likeness (QED) is 0.300. The maximum atomic E-state index is 12.5. The summed E-state index contributed by atoms with van der Waals surface area (Å²) in [6.07, 6.45) is 3.75. The second-order valence-corrected chi connectivity index (χ2v) is 6.24. The van der Waals surface area contributed by atoms with Crippen molar-refractivity contribution in [2.45, 2.75) is 38.8 Å². The van der Waals surface area contributed by atoms with Crippen molar-refractivity contribution >= 4 is 23.7 Å². The van der Waals surface area contributed by atoms with Crippen LogP contribution in [-0.2, 0) is 28.7 Å². The Hall–Kier alpha value is -2.22. The third-order valence-corrected chi connectivity index (χ3v) is 4.54. The number of rotatable bonds is 7. The molecule has 0 bridgehead atoms. The highest BCUT2D eigenvalue weighted by atomic mass is 16.5. The Morgan fingerprint density at radius 1 is 1.20 bits per heavy atom. The zero-order valence-electron chi connectivity index (χ0n) is 14.7. The van der Waals surface area contributed by atoms with Gasteiger partial charge in [0.25, 0.3) is 5.91 Å². The molecule has 2 rings (SSSR count). The maximum Gasteiger partial charge on any atom is 0.329 e. The van der Waals surface area contributed by atoms with Gasteiger partial charge in [-0.15, -0.1) is 0 Å². The molecule has 1 aliphatic carbocycles. The summed E-state index contributed by atoms with van der Waals surface area (Å²) >= 11 is 0. The monoisotopic (exact) mass is 352 g/mol. The Balaban J connectivity index is 1.94. The molecule has 1 aliphatic heterocycles. The Bertz CT molecular complexity index is 562. The summed E-state index contributed by atoms with van der Waals surface area (Å²) in [5.41, 5.74) is 0. The molecule has 8 nitrogen and oxygen atoms in total. The number of imide groups is 1. The summed E-state index contributed by atoms with van der Waals surface area (Å²) in [4.78, 5) is 50.0. The van der Waals surface area contributed by atoms with Crippen molar-refractivity contribution in [1.82, 2.24) is 10.2 Å². The lowest BCUT2D eigenvalue weighted by atomic mass is 9.85. The van der Waals surface area contributed by atoms with Crippen molar-refractivity contribution in [1.29, 1.82) is 0 Å². The van der Waals surface area contributed by atoms with Crippen molar-refractivity contribution in [2.75, 3.05) is 20.3 Å². The first-order chi connectivity index (χ1) is 11.9. The summed E-state index contributed by atoms with van der Waals surface area (Å²) in [5, 5.41) is 2.56. The zero-order chi connectivity index (χ0) is 18.6. The average Bonchev–Trinajstić information content (AvgIpc) is 2.85. The number of carbonyl (C=O) groups excluding carboxylic acids is 4. The number of allylic oxidation sites excluding steroid dienone is 2. The van der Waals surface area contributed by atoms with Crippen LogP contribution < -0.4 is 5.32 Å². The molecule has 3 amide bonds. The van der Waals surface area contributed by atoms with E-state index in [4.69, 9.17) is 9.47 Å². The van der Waals surface area contributed by atoms with Gasteiger partial charge in [0.15, 0.2) is 6.10 Å². The number of fused-ring (bicyclic) bond motifs is 1. The van der Waals surface area contributed by atoms with Gasteiger partial charge in [-0.2, -0.15) is 0 Å². The van der Waals surface area contributed by atoms with Crippen LogP contribution in [0.4, 0.5) is 0 Å². The summed E-state index contributed by atoms with van der Waals surface area (Å²) in [6.45, 7) is 3.52. The minimum Gasteiger partial charge on any atom is -0.451 e. The smallest absolute Gasteiger partial charge is 0.329 e. The molecule has 138 valence electrons. The lowest BCUT2D eigenvalue weighted by Crippen LogP contribution is -2.46. The van der Waals surface area contributed by atoms with Crippen molar-refractivity contribution in [3.63, 3.8) is 0 Å². The first kappa shape index (κ1) is 19.1. The van der Waals surface area contributed by atoms with E-state index >= 15 is 0 Å². The van der Waals surface area contributed by atoms with Gasteiger partial charge in [-0.3, -0.25) is 19.3 Å². The molecular formula is C17H24N2O6. The standard InChI is InChI=1S/C17H24N2O6/c1-10(17(23)25-11(2)14(20)18-8-9-24-3)19-15(21)12-6-4-5-7-13(12)16(19)22/h4-5,10-13H,6-9H2,1-3H3,(H,18,20)/t10-,11+,12-,13-/m0/s1. The molecule has 1 saturated heterocycles. The fourth-order valence-corrected chi connectivity index (χ4v) is 3.06. The van der Waals surface area contributed by atoms with Gasteiger partial charge in [-0.25, -0.2) is 4.79 Å². The van der Waals surface area contributed by atoms with E-state index in [2.05, 4.69) is 5.32 Å². The van der Waals surface area contributed by atoms with Crippen LogP contribution in [0.3, 0.4) is 0 Å². The average molecular weight is 352 g/mol. The predicted molar refractivity (Wildman–Crippen MR) is 87.1 cm³/mol. The van der Waals surface area contributed by atoms with E-state index in [1.54, 1.807) is 0 Å². The molecule has 1 N–H and O–H groups in total. The van der Waals surface area contributed by atoms with E-state index in [1.165, 1.54) is 21.0 Å². The number of carbonyl (C=O) groups is 4. The van der Waals surface area contributed by atoms with Gasteiger partial charge in [0.2, 0.25) is 11.8 Å². The fraction of sp³-hybridized carbons (Fsp3) is 0.647. The molecule has 1 heterocycles. The van der Waals surface area contributed by atoms with Crippen molar-refractivity contribution in [3.05, 3.63) is 12.2 Å². The van der Waals surface area contributed by atoms with E-state index in [0.29, 0.717) is 26.0 Å². The Labute approximate surface area is 146 Å². The SMILES string of the molecule is COCCNC(=O)[C@@H](C)OC(=O)[C@H](C)N1C(=O)[C@H]2CC=CC[C@@H]2C1=O. The van der Waals surface area contributed by atoms with Crippen LogP contribution in [-0.4, -0.2) is 61.0 Å². The fourth-order valence-electron chi connectivity index (χ4n) is 3.06. The molecule has 4 atom stereocenters. The van der Waals surface area contributed by atoms with Gasteiger partial charge in [0.05, 0.1) is 18.4 Å². The molecule has 0 spiro atoms. The Morgan fingerprint density at radius 3 is 2.28 bits per heavy atom. The first-order valence-corrected chi connectivity index (χ1v) is 8.37. The topological polar surface area (TPSA) is 102 Å². The van der Waals surface area contributed by atoms with Crippen LogP contribution in [0.2, 0.25) is 0 Å². The van der Waals surface area contributed by atoms with Crippen molar-refractivity contribution < 1.29 is 28.7 Å². The number of esters is 1. The molecule has 0 aromatic carbocycles. The second-order valence-electron chi connectivity index (χ2n) is 6.24. The highest BCUT2D eigenvalue weighted by Gasteiger charge is 2.50. The molecule has 1 fully saturated rings. The normalized spacial score (nSPS) is 24.7. The summed E-state index contributed by atoms with van der Waals surface area (Å²) in [6, 6.07) is -1.06. The summed E-state index contributed by atoms with van der Waals surface area (Å²) in [5.74, 6) is -2.73. The largest absolute Gasteiger partial charge is 0.451 e. The van der Waals surface area contributed by atoms with E-state index in [0.717, 1.165) is 4.90 Å². The Kier molecular flexibility index (Phi) is 6.30. The van der Waals surface area contributed by atoms with Crippen LogP contribution in [0.1, 0.15) is 26.7 Å². The number of amides is 3. The van der Waals surface area contributed by atoms with E-state index in [-0.39, 0.29) is 11.8 Å². The van der Waals surface area contributed by atoms with E-state index < -0.39 is 35.9 Å².